The summed E-state index contributed by atoms with van der Waals surface area (Å²) in [6, 6.07) is 10.0. The molecule has 6 heteroatoms. The molecular weight excluding hydrogens is 292 g/mol. The second kappa shape index (κ2) is 6.91. The van der Waals surface area contributed by atoms with E-state index in [0.717, 1.165) is 24.2 Å². The lowest BCUT2D eigenvalue weighted by atomic mass is 9.81. The summed E-state index contributed by atoms with van der Waals surface area (Å²) >= 11 is 0. The lowest BCUT2D eigenvalue weighted by Crippen LogP contribution is -2.44. The SMILES string of the molecule is CC1(C(=O)NCC(c2ccccc2)c2ncn[nH]2)CCOCC1. The number of rotatable bonds is 5. The minimum Gasteiger partial charge on any atom is -0.381 e. The fourth-order valence-electron chi connectivity index (χ4n) is 2.90. The molecule has 0 bridgehead atoms. The van der Waals surface area contributed by atoms with Crippen LogP contribution in [0.1, 0.15) is 37.1 Å². The van der Waals surface area contributed by atoms with Crippen LogP contribution in [0, 0.1) is 5.41 Å². The van der Waals surface area contributed by atoms with Crippen molar-refractivity contribution in [2.24, 2.45) is 5.41 Å². The van der Waals surface area contributed by atoms with E-state index in [2.05, 4.69) is 20.5 Å². The number of hydrogen-bond acceptors (Lipinski definition) is 4. The predicted octanol–water partition coefficient (Wildman–Crippen LogP) is 1.87. The van der Waals surface area contributed by atoms with E-state index in [9.17, 15) is 4.79 Å². The van der Waals surface area contributed by atoms with Crippen LogP contribution in [0.4, 0.5) is 0 Å². The Morgan fingerprint density at radius 1 is 1.35 bits per heavy atom. The van der Waals surface area contributed by atoms with Gasteiger partial charge in [0.05, 0.1) is 11.3 Å². The number of ether oxygens (including phenoxy) is 1. The molecule has 1 atom stereocenters. The van der Waals surface area contributed by atoms with E-state index in [1.54, 1.807) is 0 Å². The van der Waals surface area contributed by atoms with Gasteiger partial charge in [0.1, 0.15) is 12.2 Å². The Hall–Kier alpha value is -2.21. The fraction of sp³-hybridized carbons (Fsp3) is 0.471. The van der Waals surface area contributed by atoms with Crippen LogP contribution in [0.15, 0.2) is 36.7 Å². The van der Waals surface area contributed by atoms with E-state index >= 15 is 0 Å². The van der Waals surface area contributed by atoms with Crippen LogP contribution in [-0.4, -0.2) is 40.8 Å². The number of aromatic amines is 1. The Labute approximate surface area is 135 Å². The largest absolute Gasteiger partial charge is 0.381 e. The lowest BCUT2D eigenvalue weighted by Gasteiger charge is -2.32. The van der Waals surface area contributed by atoms with E-state index in [4.69, 9.17) is 4.74 Å². The van der Waals surface area contributed by atoms with Gasteiger partial charge >= 0.3 is 0 Å². The molecule has 2 N–H and O–H groups in total. The average Bonchev–Trinajstić information content (AvgIpc) is 3.11. The molecule has 0 spiro atoms. The fourth-order valence-corrected chi connectivity index (χ4v) is 2.90. The van der Waals surface area contributed by atoms with Crippen molar-refractivity contribution in [3.63, 3.8) is 0 Å². The molecule has 0 saturated carbocycles. The molecule has 1 aromatic carbocycles. The zero-order valence-electron chi connectivity index (χ0n) is 13.3. The second-order valence-electron chi connectivity index (χ2n) is 6.22. The van der Waals surface area contributed by atoms with Gasteiger partial charge in [0.25, 0.3) is 0 Å². The van der Waals surface area contributed by atoms with Crippen LogP contribution in [-0.2, 0) is 9.53 Å². The van der Waals surface area contributed by atoms with Crippen LogP contribution in [0.2, 0.25) is 0 Å². The molecule has 2 heterocycles. The predicted molar refractivity (Wildman–Crippen MR) is 85.8 cm³/mol. The van der Waals surface area contributed by atoms with Crippen LogP contribution >= 0.6 is 0 Å². The van der Waals surface area contributed by atoms with Gasteiger partial charge in [-0.2, -0.15) is 5.10 Å². The Morgan fingerprint density at radius 3 is 2.74 bits per heavy atom. The number of hydrogen-bond donors (Lipinski definition) is 2. The van der Waals surface area contributed by atoms with Gasteiger partial charge in [-0.3, -0.25) is 9.89 Å². The van der Waals surface area contributed by atoms with Crippen molar-refractivity contribution in [1.82, 2.24) is 20.5 Å². The maximum Gasteiger partial charge on any atom is 0.226 e. The van der Waals surface area contributed by atoms with E-state index in [1.807, 2.05) is 37.3 Å². The third kappa shape index (κ3) is 3.59. The average molecular weight is 314 g/mol. The molecule has 1 fully saturated rings. The van der Waals surface area contributed by atoms with E-state index in [1.165, 1.54) is 6.33 Å². The van der Waals surface area contributed by atoms with Crippen molar-refractivity contribution in [2.45, 2.75) is 25.7 Å². The van der Waals surface area contributed by atoms with Crippen molar-refractivity contribution in [3.8, 4) is 0 Å². The number of carbonyl (C=O) groups excluding carboxylic acids is 1. The van der Waals surface area contributed by atoms with Crippen LogP contribution in [0.5, 0.6) is 0 Å². The van der Waals surface area contributed by atoms with Crippen LogP contribution in [0.3, 0.4) is 0 Å². The molecule has 3 rings (SSSR count). The number of aromatic nitrogens is 3. The highest BCUT2D eigenvalue weighted by Gasteiger charge is 2.35. The third-order valence-electron chi connectivity index (χ3n) is 4.58. The standard InChI is InChI=1S/C17H22N4O2/c1-17(7-9-23-10-8-17)16(22)18-11-14(15-19-12-20-21-15)13-5-3-2-4-6-13/h2-6,12,14H,7-11H2,1H3,(H,18,22)(H,19,20,21). The van der Waals surface area contributed by atoms with E-state index in [0.29, 0.717) is 19.8 Å². The number of H-pyrrole nitrogens is 1. The number of amides is 1. The molecule has 2 aromatic rings. The number of nitrogens with zero attached hydrogens (tertiary/aromatic N) is 2. The molecule has 1 saturated heterocycles. The molecule has 23 heavy (non-hydrogen) atoms. The van der Waals surface area contributed by atoms with Gasteiger partial charge in [0.15, 0.2) is 0 Å². The Morgan fingerprint density at radius 2 is 2.09 bits per heavy atom. The van der Waals surface area contributed by atoms with Crippen molar-refractivity contribution in [2.75, 3.05) is 19.8 Å². The highest BCUT2D eigenvalue weighted by molar-refractivity contribution is 5.82. The monoisotopic (exact) mass is 314 g/mol. The summed E-state index contributed by atoms with van der Waals surface area (Å²) in [5.41, 5.74) is 0.752. The van der Waals surface area contributed by atoms with Crippen molar-refractivity contribution in [3.05, 3.63) is 48.0 Å². The topological polar surface area (TPSA) is 79.9 Å². The smallest absolute Gasteiger partial charge is 0.226 e. The molecule has 1 amide bonds. The summed E-state index contributed by atoms with van der Waals surface area (Å²) < 4.78 is 5.37. The summed E-state index contributed by atoms with van der Waals surface area (Å²) in [6.07, 6.45) is 3.02. The van der Waals surface area contributed by atoms with Gasteiger partial charge in [-0.15, -0.1) is 0 Å². The first-order chi connectivity index (χ1) is 11.2. The first-order valence-electron chi connectivity index (χ1n) is 7.95. The van der Waals surface area contributed by atoms with E-state index in [-0.39, 0.29) is 17.2 Å². The summed E-state index contributed by atoms with van der Waals surface area (Å²) in [5, 5.41) is 9.95. The van der Waals surface area contributed by atoms with Gasteiger partial charge < -0.3 is 10.1 Å². The van der Waals surface area contributed by atoms with Gasteiger partial charge in [0, 0.05) is 19.8 Å². The van der Waals surface area contributed by atoms with Crippen molar-refractivity contribution < 1.29 is 9.53 Å². The van der Waals surface area contributed by atoms with E-state index < -0.39 is 0 Å². The third-order valence-corrected chi connectivity index (χ3v) is 4.58. The molecule has 122 valence electrons. The summed E-state index contributed by atoms with van der Waals surface area (Å²) in [7, 11) is 0. The molecule has 1 aliphatic heterocycles. The minimum absolute atomic E-state index is 0.0360. The van der Waals surface area contributed by atoms with Crippen molar-refractivity contribution >= 4 is 5.91 Å². The molecule has 0 aliphatic carbocycles. The normalized spacial score (nSPS) is 18.3. The molecule has 1 aliphatic rings. The van der Waals surface area contributed by atoms with Gasteiger partial charge in [-0.1, -0.05) is 37.3 Å². The van der Waals surface area contributed by atoms with Gasteiger partial charge in [0.2, 0.25) is 5.91 Å². The Kier molecular flexibility index (Phi) is 4.71. The molecule has 1 aromatic heterocycles. The first kappa shape index (κ1) is 15.7. The van der Waals surface area contributed by atoms with Crippen molar-refractivity contribution in [1.29, 1.82) is 0 Å². The molecule has 0 radical (unpaired) electrons. The molecular formula is C17H22N4O2. The summed E-state index contributed by atoms with van der Waals surface area (Å²) in [5.74, 6) is 0.806. The maximum atomic E-state index is 12.6. The number of carbonyl (C=O) groups is 1. The Balaban J connectivity index is 1.71. The number of benzene rings is 1. The summed E-state index contributed by atoms with van der Waals surface area (Å²) in [4.78, 5) is 16.9. The molecule has 1 unspecified atom stereocenters. The second-order valence-corrected chi connectivity index (χ2v) is 6.22. The first-order valence-corrected chi connectivity index (χ1v) is 7.95. The van der Waals surface area contributed by atoms with Crippen LogP contribution in [0.25, 0.3) is 0 Å². The highest BCUT2D eigenvalue weighted by atomic mass is 16.5. The zero-order chi connectivity index (χ0) is 16.1. The van der Waals surface area contributed by atoms with Crippen LogP contribution < -0.4 is 5.32 Å². The van der Waals surface area contributed by atoms with Gasteiger partial charge in [-0.25, -0.2) is 4.98 Å². The maximum absolute atomic E-state index is 12.6. The lowest BCUT2D eigenvalue weighted by molar-refractivity contribution is -0.135. The summed E-state index contributed by atoms with van der Waals surface area (Å²) in [6.45, 7) is 3.80. The number of nitrogens with one attached hydrogen (secondary N) is 2. The Bertz CT molecular complexity index is 621. The van der Waals surface area contributed by atoms with Gasteiger partial charge in [-0.05, 0) is 18.4 Å². The quantitative estimate of drug-likeness (QED) is 0.883. The zero-order valence-corrected chi connectivity index (χ0v) is 13.3. The molecule has 6 nitrogen and oxygen atoms in total. The minimum atomic E-state index is -0.346. The highest BCUT2D eigenvalue weighted by Crippen LogP contribution is 2.30.